The lowest BCUT2D eigenvalue weighted by Gasteiger charge is -2.12. The van der Waals surface area contributed by atoms with Crippen LogP contribution < -0.4 is 17.2 Å². The molecular weight excluding hydrogens is 540 g/mol. The highest BCUT2D eigenvalue weighted by Gasteiger charge is 2.29. The minimum atomic E-state index is -0.702. The number of nitrogens with zero attached hydrogens (tertiary/aromatic N) is 7. The second-order valence-electron chi connectivity index (χ2n) is 7.55. The number of benzene rings is 3. The minimum Gasteiger partial charge on any atom is -0.406 e. The van der Waals surface area contributed by atoms with Gasteiger partial charge >= 0.3 is 0 Å². The Labute approximate surface area is 240 Å². The SMILES string of the molecule is O=[N+]([O-])/C=C/c1ccccc1.[C-]#[N+]C/C(N)=C(/C#N)[N+]#[C-].[C-]#[N+]c1c(N)c(C#N)c(-c2ccccc2)c([N+](=O)[O-])c1N. The molecule has 0 aliphatic heterocycles. The first-order valence-electron chi connectivity index (χ1n) is 11.3. The Bertz CT molecular complexity index is 1720. The molecule has 3 aromatic rings. The molecule has 0 aromatic heterocycles. The van der Waals surface area contributed by atoms with Gasteiger partial charge in [0.2, 0.25) is 18.4 Å². The van der Waals surface area contributed by atoms with E-state index in [0.29, 0.717) is 5.56 Å². The van der Waals surface area contributed by atoms with Crippen LogP contribution in [0.2, 0.25) is 0 Å². The van der Waals surface area contributed by atoms with Crippen molar-refractivity contribution in [2.24, 2.45) is 5.73 Å². The summed E-state index contributed by atoms with van der Waals surface area (Å²) < 4.78 is 0. The monoisotopic (exact) mass is 560 g/mol. The number of nitro benzene ring substituents is 1. The first-order valence-corrected chi connectivity index (χ1v) is 11.3. The average molecular weight is 561 g/mol. The topological polar surface area (TPSA) is 225 Å². The predicted molar refractivity (Wildman–Crippen MR) is 156 cm³/mol. The summed E-state index contributed by atoms with van der Waals surface area (Å²) in [5.41, 5.74) is 16.5. The Balaban J connectivity index is 0.000000354. The standard InChI is InChI=1S/C14H9N5O2.C8H7NO2.C6H4N4/c1-18-13-11(16)9(7-15)10(8-5-3-2-4-6-8)14(12(13)17)19(20)21;10-9(11)7-6-8-4-2-1-3-5-8;1-9-4-5(8)6(3-7)10-2/h2-6H,16-17H2;1-7H;4,8H2/b;7-6+;6-5+. The Hall–Kier alpha value is -7.21. The summed E-state index contributed by atoms with van der Waals surface area (Å²) in [5, 5.41) is 38.7. The van der Waals surface area contributed by atoms with Gasteiger partial charge in [-0.25, -0.2) is 21.5 Å². The molecule has 0 atom stereocenters. The number of hydrogen-bond acceptors (Lipinski definition) is 9. The zero-order chi connectivity index (χ0) is 31.7. The third kappa shape index (κ3) is 8.97. The van der Waals surface area contributed by atoms with Gasteiger partial charge in [0, 0.05) is 6.08 Å². The van der Waals surface area contributed by atoms with E-state index in [4.69, 9.17) is 42.2 Å². The molecule has 0 aliphatic carbocycles. The summed E-state index contributed by atoms with van der Waals surface area (Å²) in [5.74, 6) is 0. The van der Waals surface area contributed by atoms with Gasteiger partial charge in [-0.2, -0.15) is 5.26 Å². The van der Waals surface area contributed by atoms with Crippen molar-refractivity contribution in [3.8, 4) is 23.3 Å². The highest BCUT2D eigenvalue weighted by molar-refractivity contribution is 6.00. The number of rotatable bonds is 5. The number of hydrogen-bond donors (Lipinski definition) is 3. The maximum atomic E-state index is 11.3. The molecule has 6 N–H and O–H groups in total. The molecule has 206 valence electrons. The van der Waals surface area contributed by atoms with Crippen molar-refractivity contribution >= 4 is 28.8 Å². The summed E-state index contributed by atoms with van der Waals surface area (Å²) in [6.07, 6.45) is 2.38. The zero-order valence-corrected chi connectivity index (χ0v) is 21.6. The van der Waals surface area contributed by atoms with Crippen LogP contribution >= 0.6 is 0 Å². The average Bonchev–Trinajstić information content (AvgIpc) is 2.98. The zero-order valence-electron chi connectivity index (χ0n) is 21.6. The second-order valence-corrected chi connectivity index (χ2v) is 7.55. The van der Waals surface area contributed by atoms with Crippen molar-refractivity contribution in [2.45, 2.75) is 0 Å². The van der Waals surface area contributed by atoms with Gasteiger partial charge in [0.15, 0.2) is 0 Å². The van der Waals surface area contributed by atoms with E-state index in [-0.39, 0.29) is 46.1 Å². The molecular formula is C28H20N10O4. The third-order valence-electron chi connectivity index (χ3n) is 4.95. The van der Waals surface area contributed by atoms with Gasteiger partial charge in [0.25, 0.3) is 11.4 Å². The van der Waals surface area contributed by atoms with E-state index >= 15 is 0 Å². The lowest BCUT2D eigenvalue weighted by atomic mass is 9.94. The molecule has 3 aromatic carbocycles. The number of nitrogens with two attached hydrogens (primary N) is 3. The molecule has 0 spiro atoms. The maximum absolute atomic E-state index is 11.3. The molecule has 14 nitrogen and oxygen atoms in total. The first-order chi connectivity index (χ1) is 20.1. The number of nitriles is 2. The second kappa shape index (κ2) is 16.6. The fraction of sp³-hybridized carbons (Fsp3) is 0.0357. The summed E-state index contributed by atoms with van der Waals surface area (Å²) in [7, 11) is 0. The van der Waals surface area contributed by atoms with Crippen LogP contribution in [0.3, 0.4) is 0 Å². The largest absolute Gasteiger partial charge is 0.406 e. The van der Waals surface area contributed by atoms with Crippen LogP contribution in [0.15, 0.2) is 78.3 Å². The first kappa shape index (κ1) is 32.8. The van der Waals surface area contributed by atoms with E-state index in [9.17, 15) is 25.5 Å². The molecule has 42 heavy (non-hydrogen) atoms. The van der Waals surface area contributed by atoms with Crippen molar-refractivity contribution in [3.05, 3.63) is 144 Å². The van der Waals surface area contributed by atoms with Gasteiger partial charge in [0.1, 0.15) is 17.5 Å². The lowest BCUT2D eigenvalue weighted by Crippen LogP contribution is -2.04. The van der Waals surface area contributed by atoms with E-state index in [0.717, 1.165) is 11.8 Å². The highest BCUT2D eigenvalue weighted by atomic mass is 16.6. The van der Waals surface area contributed by atoms with Gasteiger partial charge in [-0.1, -0.05) is 60.7 Å². The van der Waals surface area contributed by atoms with Crippen molar-refractivity contribution in [2.75, 3.05) is 18.0 Å². The Kier molecular flexibility index (Phi) is 13.0. The van der Waals surface area contributed by atoms with Gasteiger partial charge < -0.3 is 22.0 Å². The van der Waals surface area contributed by atoms with Crippen LogP contribution in [0.4, 0.5) is 22.7 Å². The molecule has 0 aliphatic rings. The van der Waals surface area contributed by atoms with Crippen molar-refractivity contribution < 1.29 is 9.85 Å². The van der Waals surface area contributed by atoms with Crippen LogP contribution in [-0.2, 0) is 0 Å². The maximum Gasteiger partial charge on any atom is 0.290 e. The van der Waals surface area contributed by atoms with Crippen molar-refractivity contribution in [1.29, 1.82) is 10.5 Å². The molecule has 0 saturated heterocycles. The number of allylic oxidation sites excluding steroid dienone is 1. The number of nitro groups is 2. The number of nitrogen functional groups attached to an aromatic ring is 2. The van der Waals surface area contributed by atoms with Crippen LogP contribution in [0.5, 0.6) is 0 Å². The lowest BCUT2D eigenvalue weighted by molar-refractivity contribution is -0.400. The van der Waals surface area contributed by atoms with Crippen LogP contribution in [0.25, 0.3) is 31.7 Å². The van der Waals surface area contributed by atoms with Crippen LogP contribution in [0, 0.1) is 62.6 Å². The Morgan fingerprint density at radius 2 is 1.52 bits per heavy atom. The quantitative estimate of drug-likeness (QED) is 0.121. The molecule has 14 heteroatoms. The summed E-state index contributed by atoms with van der Waals surface area (Å²) in [4.78, 5) is 28.9. The third-order valence-corrected chi connectivity index (χ3v) is 4.95. The van der Waals surface area contributed by atoms with Gasteiger partial charge in [-0.05, 0) is 11.1 Å². The Morgan fingerprint density at radius 1 is 0.952 bits per heavy atom. The smallest absolute Gasteiger partial charge is 0.290 e. The Morgan fingerprint density at radius 3 is 1.95 bits per heavy atom. The van der Waals surface area contributed by atoms with E-state index in [1.54, 1.807) is 48.5 Å². The number of anilines is 2. The molecule has 0 saturated carbocycles. The summed E-state index contributed by atoms with van der Waals surface area (Å²) in [6.45, 7) is 19.8. The predicted octanol–water partition coefficient (Wildman–Crippen LogP) is 5.30. The van der Waals surface area contributed by atoms with Crippen LogP contribution in [-0.4, -0.2) is 16.4 Å². The fourth-order valence-electron chi connectivity index (χ4n) is 3.12. The van der Waals surface area contributed by atoms with Gasteiger partial charge in [0.05, 0.1) is 45.9 Å². The van der Waals surface area contributed by atoms with Crippen molar-refractivity contribution in [3.63, 3.8) is 0 Å². The molecule has 0 radical (unpaired) electrons. The normalized spacial score (nSPS) is 9.88. The molecule has 0 bridgehead atoms. The van der Waals surface area contributed by atoms with Crippen LogP contribution in [0.1, 0.15) is 11.1 Å². The summed E-state index contributed by atoms with van der Waals surface area (Å²) in [6, 6.07) is 20.9. The molecule has 0 unspecified atom stereocenters. The molecule has 0 heterocycles. The van der Waals surface area contributed by atoms with Gasteiger partial charge in [-0.15, -0.1) is 0 Å². The van der Waals surface area contributed by atoms with E-state index < -0.39 is 15.5 Å². The molecule has 0 fully saturated rings. The van der Waals surface area contributed by atoms with E-state index in [2.05, 4.69) is 14.5 Å². The molecule has 3 rings (SSSR count). The molecule has 0 amide bonds. The highest BCUT2D eigenvalue weighted by Crippen LogP contribution is 2.47. The fourth-order valence-corrected chi connectivity index (χ4v) is 3.12. The minimum absolute atomic E-state index is 0.0329. The van der Waals surface area contributed by atoms with E-state index in [1.807, 2.05) is 24.3 Å². The van der Waals surface area contributed by atoms with E-state index in [1.165, 1.54) is 6.08 Å². The van der Waals surface area contributed by atoms with Gasteiger partial charge in [-0.3, -0.25) is 20.2 Å². The van der Waals surface area contributed by atoms with Crippen molar-refractivity contribution in [1.82, 2.24) is 0 Å². The summed E-state index contributed by atoms with van der Waals surface area (Å²) >= 11 is 0.